The molecule has 2 aliphatic heterocycles. The average molecular weight is 249 g/mol. The summed E-state index contributed by atoms with van der Waals surface area (Å²) >= 11 is 0. The molecular weight excluding hydrogens is 233 g/mol. The van der Waals surface area contributed by atoms with Gasteiger partial charge in [-0.1, -0.05) is 12.1 Å². The van der Waals surface area contributed by atoms with Crippen molar-refractivity contribution in [2.24, 2.45) is 0 Å². The van der Waals surface area contributed by atoms with Crippen LogP contribution in [0.15, 0.2) is 18.2 Å². The number of carbonyl (C=O) groups excluding carboxylic acids is 1. The van der Waals surface area contributed by atoms with Gasteiger partial charge in [-0.05, 0) is 24.1 Å². The summed E-state index contributed by atoms with van der Waals surface area (Å²) in [5.74, 6) is -0.205. The highest BCUT2D eigenvalue weighted by atomic mass is 19.1. The van der Waals surface area contributed by atoms with Crippen LogP contribution in [0, 0.1) is 12.7 Å². The number of carbonyl (C=O) groups is 1. The van der Waals surface area contributed by atoms with Crippen LogP contribution in [0.25, 0.3) is 0 Å². The molecule has 2 heterocycles. The lowest BCUT2D eigenvalue weighted by molar-refractivity contribution is 0.172. The summed E-state index contributed by atoms with van der Waals surface area (Å²) in [5, 5.41) is 6.11. The van der Waals surface area contributed by atoms with Gasteiger partial charge in [-0.2, -0.15) is 0 Å². The summed E-state index contributed by atoms with van der Waals surface area (Å²) in [6.45, 7) is 4.13. The Kier molecular flexibility index (Phi) is 2.70. The molecule has 0 spiro atoms. The van der Waals surface area contributed by atoms with E-state index < -0.39 is 0 Å². The standard InChI is InChI=1S/C13H16FN3O/c1-8-4-9(2-3-11(8)14)12-7-17(13(18)16-12)10-5-15-6-10/h2-4,10,12,15H,5-7H2,1H3,(H,16,18). The van der Waals surface area contributed by atoms with Crippen LogP contribution >= 0.6 is 0 Å². The van der Waals surface area contributed by atoms with Gasteiger partial charge < -0.3 is 15.5 Å². The van der Waals surface area contributed by atoms with Gasteiger partial charge in [0.2, 0.25) is 0 Å². The summed E-state index contributed by atoms with van der Waals surface area (Å²) in [7, 11) is 0. The van der Waals surface area contributed by atoms with Gasteiger partial charge in [0.05, 0.1) is 12.1 Å². The first-order valence-corrected chi connectivity index (χ1v) is 6.19. The Morgan fingerprint density at radius 2 is 2.17 bits per heavy atom. The van der Waals surface area contributed by atoms with Crippen LogP contribution < -0.4 is 10.6 Å². The van der Waals surface area contributed by atoms with Crippen molar-refractivity contribution in [3.05, 3.63) is 35.1 Å². The molecule has 0 aromatic heterocycles. The second-order valence-corrected chi connectivity index (χ2v) is 4.98. The Labute approximate surface area is 105 Å². The molecule has 96 valence electrons. The molecule has 0 radical (unpaired) electrons. The minimum absolute atomic E-state index is 0.0199. The first-order valence-electron chi connectivity index (χ1n) is 6.19. The zero-order valence-electron chi connectivity index (χ0n) is 10.2. The lowest BCUT2D eigenvalue weighted by Gasteiger charge is -2.34. The van der Waals surface area contributed by atoms with E-state index in [2.05, 4.69) is 10.6 Å². The van der Waals surface area contributed by atoms with Gasteiger partial charge in [-0.25, -0.2) is 9.18 Å². The van der Waals surface area contributed by atoms with Crippen LogP contribution in [0.5, 0.6) is 0 Å². The smallest absolute Gasteiger partial charge is 0.318 e. The number of hydrogen-bond donors (Lipinski definition) is 2. The highest BCUT2D eigenvalue weighted by Gasteiger charge is 2.36. The number of aryl methyl sites for hydroxylation is 1. The lowest BCUT2D eigenvalue weighted by atomic mass is 10.0. The predicted molar refractivity (Wildman–Crippen MR) is 65.8 cm³/mol. The fourth-order valence-electron chi connectivity index (χ4n) is 2.44. The molecule has 0 saturated carbocycles. The van der Waals surface area contributed by atoms with Gasteiger partial charge in [-0.15, -0.1) is 0 Å². The highest BCUT2D eigenvalue weighted by molar-refractivity contribution is 5.77. The van der Waals surface area contributed by atoms with Crippen molar-refractivity contribution in [3.8, 4) is 0 Å². The van der Waals surface area contributed by atoms with Gasteiger partial charge in [0.25, 0.3) is 0 Å². The van der Waals surface area contributed by atoms with Gasteiger partial charge in [-0.3, -0.25) is 0 Å². The van der Waals surface area contributed by atoms with Crippen molar-refractivity contribution in [2.45, 2.75) is 19.0 Å². The zero-order chi connectivity index (χ0) is 12.7. The zero-order valence-corrected chi connectivity index (χ0v) is 10.2. The first-order chi connectivity index (χ1) is 8.65. The topological polar surface area (TPSA) is 44.4 Å². The molecule has 1 aromatic carbocycles. The Hall–Kier alpha value is -1.62. The fraction of sp³-hybridized carbons (Fsp3) is 0.462. The maximum absolute atomic E-state index is 13.2. The Morgan fingerprint density at radius 3 is 2.78 bits per heavy atom. The summed E-state index contributed by atoms with van der Waals surface area (Å²) in [4.78, 5) is 13.7. The van der Waals surface area contributed by atoms with E-state index in [0.717, 1.165) is 18.7 Å². The highest BCUT2D eigenvalue weighted by Crippen LogP contribution is 2.24. The van der Waals surface area contributed by atoms with Crippen LogP contribution in [0.1, 0.15) is 17.2 Å². The number of nitrogens with one attached hydrogen (secondary N) is 2. The Bertz CT molecular complexity index is 487. The van der Waals surface area contributed by atoms with Crippen molar-refractivity contribution in [2.75, 3.05) is 19.6 Å². The van der Waals surface area contributed by atoms with Crippen molar-refractivity contribution in [1.82, 2.24) is 15.5 Å². The number of rotatable bonds is 2. The van der Waals surface area contributed by atoms with Crippen molar-refractivity contribution in [1.29, 1.82) is 0 Å². The average Bonchev–Trinajstić information content (AvgIpc) is 2.63. The fourth-order valence-corrected chi connectivity index (χ4v) is 2.44. The largest absolute Gasteiger partial charge is 0.329 e. The minimum atomic E-state index is -0.205. The van der Waals surface area contributed by atoms with Crippen LogP contribution in [0.3, 0.4) is 0 Å². The minimum Gasteiger partial charge on any atom is -0.329 e. The van der Waals surface area contributed by atoms with Gasteiger partial charge in [0.1, 0.15) is 5.82 Å². The van der Waals surface area contributed by atoms with Crippen LogP contribution in [-0.4, -0.2) is 36.6 Å². The number of halogens is 1. The molecule has 2 saturated heterocycles. The van der Waals surface area contributed by atoms with E-state index in [1.54, 1.807) is 13.0 Å². The van der Waals surface area contributed by atoms with Crippen LogP contribution in [-0.2, 0) is 0 Å². The molecule has 5 heteroatoms. The molecular formula is C13H16FN3O. The van der Waals surface area contributed by atoms with Crippen molar-refractivity contribution >= 4 is 6.03 Å². The number of benzene rings is 1. The molecule has 2 fully saturated rings. The quantitative estimate of drug-likeness (QED) is 0.826. The van der Waals surface area contributed by atoms with E-state index in [1.807, 2.05) is 11.0 Å². The molecule has 2 amide bonds. The second kappa shape index (κ2) is 4.24. The van der Waals surface area contributed by atoms with E-state index in [1.165, 1.54) is 6.07 Å². The van der Waals surface area contributed by atoms with Gasteiger partial charge in [0, 0.05) is 19.6 Å². The molecule has 2 aliphatic rings. The van der Waals surface area contributed by atoms with Crippen molar-refractivity contribution in [3.63, 3.8) is 0 Å². The number of hydrogen-bond acceptors (Lipinski definition) is 2. The lowest BCUT2D eigenvalue weighted by Crippen LogP contribution is -2.57. The molecule has 4 nitrogen and oxygen atoms in total. The van der Waals surface area contributed by atoms with Gasteiger partial charge in [0.15, 0.2) is 0 Å². The molecule has 1 unspecified atom stereocenters. The maximum atomic E-state index is 13.2. The first kappa shape index (κ1) is 11.5. The van der Waals surface area contributed by atoms with Crippen LogP contribution in [0.2, 0.25) is 0 Å². The summed E-state index contributed by atoms with van der Waals surface area (Å²) in [5.41, 5.74) is 1.59. The Balaban J connectivity index is 1.77. The molecule has 2 N–H and O–H groups in total. The van der Waals surface area contributed by atoms with E-state index >= 15 is 0 Å². The summed E-state index contributed by atoms with van der Waals surface area (Å²) in [6, 6.07) is 5.27. The molecule has 1 aromatic rings. The Morgan fingerprint density at radius 1 is 1.39 bits per heavy atom. The number of urea groups is 1. The number of nitrogens with zero attached hydrogens (tertiary/aromatic N) is 1. The van der Waals surface area contributed by atoms with E-state index in [9.17, 15) is 9.18 Å². The van der Waals surface area contributed by atoms with Crippen LogP contribution in [0.4, 0.5) is 9.18 Å². The summed E-state index contributed by atoms with van der Waals surface area (Å²) < 4.78 is 13.2. The molecule has 18 heavy (non-hydrogen) atoms. The van der Waals surface area contributed by atoms with E-state index in [4.69, 9.17) is 0 Å². The third-order valence-electron chi connectivity index (χ3n) is 3.72. The molecule has 0 bridgehead atoms. The summed E-state index contributed by atoms with van der Waals surface area (Å²) in [6.07, 6.45) is 0. The third kappa shape index (κ3) is 1.84. The molecule has 1 atom stereocenters. The SMILES string of the molecule is Cc1cc(C2CN(C3CNC3)C(=O)N2)ccc1F. The normalized spacial score (nSPS) is 24.0. The predicted octanol–water partition coefficient (Wildman–Crippen LogP) is 1.17. The van der Waals surface area contributed by atoms with Gasteiger partial charge >= 0.3 is 6.03 Å². The number of amides is 2. The second-order valence-electron chi connectivity index (χ2n) is 4.98. The molecule has 3 rings (SSSR count). The maximum Gasteiger partial charge on any atom is 0.318 e. The monoisotopic (exact) mass is 249 g/mol. The van der Waals surface area contributed by atoms with E-state index in [0.29, 0.717) is 18.2 Å². The van der Waals surface area contributed by atoms with Crippen molar-refractivity contribution < 1.29 is 9.18 Å². The third-order valence-corrected chi connectivity index (χ3v) is 3.72. The molecule has 0 aliphatic carbocycles. The van der Waals surface area contributed by atoms with E-state index in [-0.39, 0.29) is 17.9 Å².